The van der Waals surface area contributed by atoms with Gasteiger partial charge in [0.2, 0.25) is 5.95 Å². The molecule has 1 aliphatic carbocycles. The molecular weight excluding hydrogens is 280 g/mol. The van der Waals surface area contributed by atoms with E-state index in [1.807, 2.05) is 7.05 Å². The zero-order chi connectivity index (χ0) is 14.7. The maximum atomic E-state index is 4.60. The summed E-state index contributed by atoms with van der Waals surface area (Å²) in [5.41, 5.74) is 0. The minimum absolute atomic E-state index is 0.704. The van der Waals surface area contributed by atoms with Gasteiger partial charge in [-0.05, 0) is 24.8 Å². The first kappa shape index (κ1) is 14.6. The Morgan fingerprint density at radius 1 is 1.29 bits per heavy atom. The molecule has 2 aromatic rings. The third-order valence-electron chi connectivity index (χ3n) is 4.34. The van der Waals surface area contributed by atoms with E-state index in [0.717, 1.165) is 29.5 Å². The maximum Gasteiger partial charge on any atom is 0.225 e. The highest BCUT2D eigenvalue weighted by Crippen LogP contribution is 2.31. The van der Waals surface area contributed by atoms with E-state index < -0.39 is 0 Å². The number of hydrogen-bond acceptors (Lipinski definition) is 5. The van der Waals surface area contributed by atoms with Crippen LogP contribution >= 0.6 is 11.3 Å². The van der Waals surface area contributed by atoms with E-state index in [2.05, 4.69) is 33.6 Å². The van der Waals surface area contributed by atoms with Crippen molar-refractivity contribution in [2.45, 2.75) is 45.4 Å². The smallest absolute Gasteiger partial charge is 0.225 e. The molecule has 0 radical (unpaired) electrons. The molecule has 0 aliphatic heterocycles. The number of thiophene rings is 1. The second-order valence-electron chi connectivity index (χ2n) is 5.80. The monoisotopic (exact) mass is 304 g/mol. The van der Waals surface area contributed by atoms with Crippen LogP contribution in [0.1, 0.15) is 43.9 Å². The molecule has 2 N–H and O–H groups in total. The standard InChI is InChI=1S/C16H24N4S/c1-3-12-10-13-14(18-9-8-11-6-4-5-7-11)19-16(17-2)20-15(13)21-12/h10-11H,3-9H2,1-2H3,(H2,17,18,19,20). The predicted octanol–water partition coefficient (Wildman–Crippen LogP) is 4.29. The number of hydrogen-bond donors (Lipinski definition) is 2. The van der Waals surface area contributed by atoms with Gasteiger partial charge in [0.1, 0.15) is 10.6 Å². The van der Waals surface area contributed by atoms with Gasteiger partial charge in [0.25, 0.3) is 0 Å². The summed E-state index contributed by atoms with van der Waals surface area (Å²) >= 11 is 1.77. The van der Waals surface area contributed by atoms with E-state index in [1.54, 1.807) is 11.3 Å². The van der Waals surface area contributed by atoms with Crippen LogP contribution < -0.4 is 10.6 Å². The van der Waals surface area contributed by atoms with Crippen LogP contribution in [0.2, 0.25) is 0 Å². The molecule has 0 bridgehead atoms. The minimum Gasteiger partial charge on any atom is -0.369 e. The lowest BCUT2D eigenvalue weighted by Crippen LogP contribution is -2.09. The summed E-state index contributed by atoms with van der Waals surface area (Å²) in [5.74, 6) is 2.60. The van der Waals surface area contributed by atoms with Crippen molar-refractivity contribution in [1.82, 2.24) is 9.97 Å². The summed E-state index contributed by atoms with van der Waals surface area (Å²) in [6, 6.07) is 2.23. The van der Waals surface area contributed by atoms with Crippen LogP contribution in [-0.4, -0.2) is 23.6 Å². The second-order valence-corrected chi connectivity index (χ2v) is 6.91. The van der Waals surface area contributed by atoms with Gasteiger partial charge in [-0.2, -0.15) is 4.98 Å². The molecule has 1 aliphatic rings. The first-order chi connectivity index (χ1) is 10.3. The molecule has 0 saturated heterocycles. The highest BCUT2D eigenvalue weighted by molar-refractivity contribution is 7.18. The number of nitrogens with zero attached hydrogens (tertiary/aromatic N) is 2. The zero-order valence-corrected chi connectivity index (χ0v) is 13.7. The summed E-state index contributed by atoms with van der Waals surface area (Å²) in [7, 11) is 1.87. The molecule has 1 fully saturated rings. The molecule has 0 atom stereocenters. The van der Waals surface area contributed by atoms with Crippen LogP contribution in [0.25, 0.3) is 10.2 Å². The van der Waals surface area contributed by atoms with Crippen molar-refractivity contribution in [3.8, 4) is 0 Å². The van der Waals surface area contributed by atoms with Crippen LogP contribution in [0.4, 0.5) is 11.8 Å². The van der Waals surface area contributed by atoms with E-state index in [1.165, 1.54) is 42.4 Å². The third kappa shape index (κ3) is 3.28. The molecule has 2 heterocycles. The Morgan fingerprint density at radius 3 is 2.81 bits per heavy atom. The summed E-state index contributed by atoms with van der Waals surface area (Å²) in [4.78, 5) is 11.6. The first-order valence-electron chi connectivity index (χ1n) is 8.02. The predicted molar refractivity (Wildman–Crippen MR) is 91.4 cm³/mol. The largest absolute Gasteiger partial charge is 0.369 e. The Morgan fingerprint density at radius 2 is 2.10 bits per heavy atom. The zero-order valence-electron chi connectivity index (χ0n) is 12.9. The van der Waals surface area contributed by atoms with Gasteiger partial charge in [0.15, 0.2) is 0 Å². The van der Waals surface area contributed by atoms with Crippen LogP contribution in [0.15, 0.2) is 6.07 Å². The molecule has 0 spiro atoms. The van der Waals surface area contributed by atoms with Crippen LogP contribution in [-0.2, 0) is 6.42 Å². The van der Waals surface area contributed by atoms with Crippen LogP contribution in [0.3, 0.4) is 0 Å². The number of aromatic nitrogens is 2. The number of nitrogens with one attached hydrogen (secondary N) is 2. The Balaban J connectivity index is 1.76. The van der Waals surface area contributed by atoms with Crippen molar-refractivity contribution in [3.63, 3.8) is 0 Å². The molecule has 2 aromatic heterocycles. The van der Waals surface area contributed by atoms with E-state index >= 15 is 0 Å². The number of rotatable bonds is 6. The highest BCUT2D eigenvalue weighted by Gasteiger charge is 2.15. The molecule has 5 heteroatoms. The normalized spacial score (nSPS) is 15.7. The van der Waals surface area contributed by atoms with Crippen molar-refractivity contribution in [2.75, 3.05) is 24.2 Å². The molecule has 21 heavy (non-hydrogen) atoms. The molecule has 114 valence electrons. The summed E-state index contributed by atoms with van der Waals surface area (Å²) in [5, 5.41) is 7.77. The summed E-state index contributed by atoms with van der Waals surface area (Å²) < 4.78 is 0. The first-order valence-corrected chi connectivity index (χ1v) is 8.84. The summed E-state index contributed by atoms with van der Waals surface area (Å²) in [6.07, 6.45) is 7.94. The van der Waals surface area contributed by atoms with Gasteiger partial charge in [-0.15, -0.1) is 11.3 Å². The lowest BCUT2D eigenvalue weighted by Gasteiger charge is -2.11. The van der Waals surface area contributed by atoms with E-state index in [0.29, 0.717) is 5.95 Å². The fourth-order valence-electron chi connectivity index (χ4n) is 3.09. The highest BCUT2D eigenvalue weighted by atomic mass is 32.1. The van der Waals surface area contributed by atoms with Gasteiger partial charge < -0.3 is 10.6 Å². The van der Waals surface area contributed by atoms with E-state index in [-0.39, 0.29) is 0 Å². The molecular formula is C16H24N4S. The number of anilines is 2. The van der Waals surface area contributed by atoms with Gasteiger partial charge in [-0.3, -0.25) is 0 Å². The molecule has 1 saturated carbocycles. The lowest BCUT2D eigenvalue weighted by molar-refractivity contribution is 0.518. The quantitative estimate of drug-likeness (QED) is 0.836. The van der Waals surface area contributed by atoms with Gasteiger partial charge in [-0.1, -0.05) is 32.6 Å². The number of aryl methyl sites for hydroxylation is 1. The molecule has 0 unspecified atom stereocenters. The fraction of sp³-hybridized carbons (Fsp3) is 0.625. The average Bonchev–Trinajstić information content (AvgIpc) is 3.15. The molecule has 4 nitrogen and oxygen atoms in total. The fourth-order valence-corrected chi connectivity index (χ4v) is 4.05. The van der Waals surface area contributed by atoms with Crippen molar-refractivity contribution in [2.24, 2.45) is 5.92 Å². The second kappa shape index (κ2) is 6.60. The van der Waals surface area contributed by atoms with Crippen molar-refractivity contribution < 1.29 is 0 Å². The van der Waals surface area contributed by atoms with E-state index in [9.17, 15) is 0 Å². The SMILES string of the molecule is CCc1cc2c(NCCC3CCCC3)nc(NC)nc2s1. The Bertz CT molecular complexity index is 602. The average molecular weight is 304 g/mol. The van der Waals surface area contributed by atoms with Gasteiger partial charge >= 0.3 is 0 Å². The maximum absolute atomic E-state index is 4.60. The van der Waals surface area contributed by atoms with E-state index in [4.69, 9.17) is 0 Å². The molecule has 0 amide bonds. The Kier molecular flexibility index (Phi) is 4.58. The topological polar surface area (TPSA) is 49.8 Å². The van der Waals surface area contributed by atoms with Crippen molar-refractivity contribution >= 4 is 33.3 Å². The van der Waals surface area contributed by atoms with Gasteiger partial charge in [0.05, 0.1) is 5.39 Å². The Labute approximate surface area is 130 Å². The van der Waals surface area contributed by atoms with Gasteiger partial charge in [-0.25, -0.2) is 4.98 Å². The van der Waals surface area contributed by atoms with Crippen molar-refractivity contribution in [3.05, 3.63) is 10.9 Å². The Hall–Kier alpha value is -1.36. The van der Waals surface area contributed by atoms with Crippen LogP contribution in [0.5, 0.6) is 0 Å². The van der Waals surface area contributed by atoms with Crippen molar-refractivity contribution in [1.29, 1.82) is 0 Å². The minimum atomic E-state index is 0.704. The summed E-state index contributed by atoms with van der Waals surface area (Å²) in [6.45, 7) is 3.20. The third-order valence-corrected chi connectivity index (χ3v) is 5.51. The lowest BCUT2D eigenvalue weighted by atomic mass is 10.0. The molecule has 3 rings (SSSR count). The number of fused-ring (bicyclic) bond motifs is 1. The van der Waals surface area contributed by atoms with Crippen LogP contribution in [0, 0.1) is 5.92 Å². The molecule has 0 aromatic carbocycles. The van der Waals surface area contributed by atoms with Gasteiger partial charge in [0, 0.05) is 18.5 Å².